The molecule has 0 heterocycles. The van der Waals surface area contributed by atoms with Gasteiger partial charge in [0.2, 0.25) is 0 Å². The Hall–Kier alpha value is -0.630. The fourth-order valence-corrected chi connectivity index (χ4v) is 2.81. The molecule has 1 N–H and O–H groups in total. The molecule has 1 aliphatic rings. The van der Waals surface area contributed by atoms with Crippen LogP contribution in [0.25, 0.3) is 0 Å². The Morgan fingerprint density at radius 2 is 2.11 bits per heavy atom. The minimum absolute atomic E-state index is 0.0351. The van der Waals surface area contributed by atoms with Gasteiger partial charge in [0.15, 0.2) is 0 Å². The van der Waals surface area contributed by atoms with Gasteiger partial charge in [0.25, 0.3) is 0 Å². The van der Waals surface area contributed by atoms with Gasteiger partial charge in [-0.05, 0) is 25.9 Å². The molecular formula is C14H27N3O. The van der Waals surface area contributed by atoms with Crippen LogP contribution >= 0.6 is 0 Å². The zero-order chi connectivity index (χ0) is 13.4. The maximum atomic E-state index is 9.52. The third kappa shape index (κ3) is 3.68. The van der Waals surface area contributed by atoms with Gasteiger partial charge >= 0.3 is 0 Å². The molecule has 0 spiro atoms. The predicted molar refractivity (Wildman–Crippen MR) is 73.4 cm³/mol. The number of likely N-dealkylation sites (N-methyl/N-ethyl adjacent to an activating group) is 1. The molecule has 4 nitrogen and oxygen atoms in total. The van der Waals surface area contributed by atoms with E-state index >= 15 is 0 Å². The summed E-state index contributed by atoms with van der Waals surface area (Å²) in [4.78, 5) is 2.36. The molecule has 104 valence electrons. The molecule has 18 heavy (non-hydrogen) atoms. The molecule has 1 saturated carbocycles. The maximum Gasteiger partial charge on any atom is 0.133 e. The summed E-state index contributed by atoms with van der Waals surface area (Å²) in [5.41, 5.74) is -0.472. The fourth-order valence-electron chi connectivity index (χ4n) is 2.81. The summed E-state index contributed by atoms with van der Waals surface area (Å²) < 4.78 is 5.51. The highest BCUT2D eigenvalue weighted by molar-refractivity contribution is 5.13. The molecule has 0 saturated heterocycles. The molecule has 0 radical (unpaired) electrons. The van der Waals surface area contributed by atoms with Crippen molar-refractivity contribution in [1.82, 2.24) is 10.2 Å². The number of nitrogens with zero attached hydrogens (tertiary/aromatic N) is 2. The Bertz CT molecular complexity index is 273. The van der Waals surface area contributed by atoms with Crippen LogP contribution in [-0.4, -0.2) is 49.8 Å². The Morgan fingerprint density at radius 3 is 2.67 bits per heavy atom. The monoisotopic (exact) mass is 253 g/mol. The minimum Gasteiger partial charge on any atom is -0.378 e. The van der Waals surface area contributed by atoms with Crippen LogP contribution in [-0.2, 0) is 4.74 Å². The van der Waals surface area contributed by atoms with Crippen molar-refractivity contribution in [3.63, 3.8) is 0 Å². The van der Waals surface area contributed by atoms with Crippen molar-refractivity contribution < 1.29 is 4.74 Å². The highest BCUT2D eigenvalue weighted by Gasteiger charge is 2.41. The van der Waals surface area contributed by atoms with E-state index in [1.807, 2.05) is 0 Å². The molecule has 1 rings (SSSR count). The molecule has 0 aromatic carbocycles. The second-order valence-electron chi connectivity index (χ2n) is 5.01. The summed E-state index contributed by atoms with van der Waals surface area (Å²) in [7, 11) is 1.72. The first-order chi connectivity index (χ1) is 8.72. The van der Waals surface area contributed by atoms with Gasteiger partial charge in [0.1, 0.15) is 5.54 Å². The van der Waals surface area contributed by atoms with E-state index in [-0.39, 0.29) is 6.10 Å². The summed E-state index contributed by atoms with van der Waals surface area (Å²) >= 11 is 0. The van der Waals surface area contributed by atoms with E-state index in [0.717, 1.165) is 45.4 Å². The van der Waals surface area contributed by atoms with Crippen LogP contribution in [0.3, 0.4) is 0 Å². The van der Waals surface area contributed by atoms with Gasteiger partial charge in [0, 0.05) is 20.2 Å². The van der Waals surface area contributed by atoms with Crippen molar-refractivity contribution in [3.05, 3.63) is 0 Å². The van der Waals surface area contributed by atoms with Crippen LogP contribution in [0.1, 0.15) is 39.5 Å². The second kappa shape index (κ2) is 7.73. The average molecular weight is 253 g/mol. The lowest BCUT2D eigenvalue weighted by Crippen LogP contribution is -2.57. The standard InChI is InChI=1S/C14H27N3O/c1-4-17(5-2)11-10-16-14(12-15)9-7-6-8-13(14)18-3/h13,16H,4-11H2,1-3H3. The van der Waals surface area contributed by atoms with Gasteiger partial charge < -0.3 is 9.64 Å². The van der Waals surface area contributed by atoms with E-state index in [9.17, 15) is 5.26 Å². The van der Waals surface area contributed by atoms with Crippen molar-refractivity contribution in [2.24, 2.45) is 0 Å². The van der Waals surface area contributed by atoms with Crippen molar-refractivity contribution in [2.75, 3.05) is 33.3 Å². The molecular weight excluding hydrogens is 226 g/mol. The number of hydrogen-bond acceptors (Lipinski definition) is 4. The molecule has 0 amide bonds. The number of ether oxygens (including phenoxy) is 1. The van der Waals surface area contributed by atoms with Gasteiger partial charge in [-0.15, -0.1) is 0 Å². The quantitative estimate of drug-likeness (QED) is 0.751. The fraction of sp³-hybridized carbons (Fsp3) is 0.929. The first-order valence-electron chi connectivity index (χ1n) is 7.13. The lowest BCUT2D eigenvalue weighted by atomic mass is 9.80. The van der Waals surface area contributed by atoms with E-state index in [4.69, 9.17) is 4.74 Å². The number of rotatable bonds is 7. The molecule has 0 aliphatic heterocycles. The van der Waals surface area contributed by atoms with Crippen LogP contribution in [0.2, 0.25) is 0 Å². The molecule has 0 aromatic heterocycles. The van der Waals surface area contributed by atoms with Crippen LogP contribution in [0, 0.1) is 11.3 Å². The third-order valence-corrected chi connectivity index (χ3v) is 4.08. The molecule has 1 aliphatic carbocycles. The Labute approximate surface area is 111 Å². The van der Waals surface area contributed by atoms with E-state index in [2.05, 4.69) is 30.1 Å². The third-order valence-electron chi connectivity index (χ3n) is 4.08. The molecule has 2 atom stereocenters. The van der Waals surface area contributed by atoms with Crippen LogP contribution in [0.15, 0.2) is 0 Å². The molecule has 1 fully saturated rings. The molecule has 2 unspecified atom stereocenters. The molecule has 0 aromatic rings. The van der Waals surface area contributed by atoms with Crippen molar-refractivity contribution >= 4 is 0 Å². The highest BCUT2D eigenvalue weighted by Crippen LogP contribution is 2.29. The summed E-state index contributed by atoms with van der Waals surface area (Å²) in [6.07, 6.45) is 4.21. The van der Waals surface area contributed by atoms with Crippen LogP contribution in [0.5, 0.6) is 0 Å². The number of methoxy groups -OCH3 is 1. The lowest BCUT2D eigenvalue weighted by Gasteiger charge is -2.39. The Morgan fingerprint density at radius 1 is 1.39 bits per heavy atom. The Kier molecular flexibility index (Phi) is 6.62. The first-order valence-corrected chi connectivity index (χ1v) is 7.13. The van der Waals surface area contributed by atoms with E-state index in [1.54, 1.807) is 7.11 Å². The smallest absolute Gasteiger partial charge is 0.133 e. The summed E-state index contributed by atoms with van der Waals surface area (Å²) in [6, 6.07) is 2.47. The van der Waals surface area contributed by atoms with Gasteiger partial charge in [-0.25, -0.2) is 0 Å². The van der Waals surface area contributed by atoms with Gasteiger partial charge in [-0.1, -0.05) is 26.7 Å². The maximum absolute atomic E-state index is 9.52. The predicted octanol–water partition coefficient (Wildman–Crippen LogP) is 1.77. The topological polar surface area (TPSA) is 48.3 Å². The van der Waals surface area contributed by atoms with E-state index in [1.165, 1.54) is 6.42 Å². The van der Waals surface area contributed by atoms with Crippen LogP contribution < -0.4 is 5.32 Å². The Balaban J connectivity index is 2.51. The summed E-state index contributed by atoms with van der Waals surface area (Å²) in [5.74, 6) is 0. The molecule has 0 bridgehead atoms. The minimum atomic E-state index is -0.472. The number of nitrogens with one attached hydrogen (secondary N) is 1. The zero-order valence-electron chi connectivity index (χ0n) is 12.0. The summed E-state index contributed by atoms with van der Waals surface area (Å²) in [5, 5.41) is 13.0. The number of nitriles is 1. The normalized spacial score (nSPS) is 28.3. The zero-order valence-corrected chi connectivity index (χ0v) is 12.0. The van der Waals surface area contributed by atoms with Gasteiger partial charge in [-0.2, -0.15) is 5.26 Å². The largest absolute Gasteiger partial charge is 0.378 e. The summed E-state index contributed by atoms with van der Waals surface area (Å²) in [6.45, 7) is 8.31. The van der Waals surface area contributed by atoms with Gasteiger partial charge in [0.05, 0.1) is 12.2 Å². The van der Waals surface area contributed by atoms with Crippen molar-refractivity contribution in [1.29, 1.82) is 5.26 Å². The van der Waals surface area contributed by atoms with E-state index in [0.29, 0.717) is 0 Å². The second-order valence-corrected chi connectivity index (χ2v) is 5.01. The highest BCUT2D eigenvalue weighted by atomic mass is 16.5. The average Bonchev–Trinajstić information content (AvgIpc) is 2.44. The first kappa shape index (κ1) is 15.4. The van der Waals surface area contributed by atoms with E-state index < -0.39 is 5.54 Å². The lowest BCUT2D eigenvalue weighted by molar-refractivity contribution is 0.0122. The van der Waals surface area contributed by atoms with Gasteiger partial charge in [-0.3, -0.25) is 5.32 Å². The van der Waals surface area contributed by atoms with Crippen molar-refractivity contribution in [3.8, 4) is 6.07 Å². The molecule has 4 heteroatoms. The van der Waals surface area contributed by atoms with Crippen LogP contribution in [0.4, 0.5) is 0 Å². The number of hydrogen-bond donors (Lipinski definition) is 1. The van der Waals surface area contributed by atoms with Crippen molar-refractivity contribution in [2.45, 2.75) is 51.2 Å². The SMILES string of the molecule is CCN(CC)CCNC1(C#N)CCCCC1OC.